The predicted molar refractivity (Wildman–Crippen MR) is 74.3 cm³/mol. The van der Waals surface area contributed by atoms with Gasteiger partial charge < -0.3 is 14.8 Å². The normalized spacial score (nSPS) is 18.4. The fourth-order valence-electron chi connectivity index (χ4n) is 1.82. The van der Waals surface area contributed by atoms with Crippen LogP contribution in [0, 0.1) is 0 Å². The molecular formula is C13H15Cl2NO3. The highest BCUT2D eigenvalue weighted by molar-refractivity contribution is 6.35. The summed E-state index contributed by atoms with van der Waals surface area (Å²) >= 11 is 12.3. The lowest BCUT2D eigenvalue weighted by Gasteiger charge is -2.15. The summed E-state index contributed by atoms with van der Waals surface area (Å²) in [5.41, 5.74) is 0.936. The number of rotatable bonds is 4. The van der Waals surface area contributed by atoms with Gasteiger partial charge >= 0.3 is 6.09 Å². The Bertz CT molecular complexity index is 491. The van der Waals surface area contributed by atoms with Crippen LogP contribution in [0.3, 0.4) is 0 Å². The minimum Gasteiger partial charge on any atom is -0.488 e. The standard InChI is InChI=1S/C13H15Cl2NO3/c1-7(2)10-3-8(14)4-11(12(10)15)18-6-9-5-16-13(17)19-9/h3-4,7,9H,5-6H2,1-2H3,(H,16,17). The molecule has 1 amide bonds. The molecule has 1 aliphatic rings. The lowest BCUT2D eigenvalue weighted by Crippen LogP contribution is -2.22. The molecule has 0 bridgehead atoms. The molecule has 6 heteroatoms. The fourth-order valence-corrected chi connectivity index (χ4v) is 2.42. The molecule has 0 radical (unpaired) electrons. The summed E-state index contributed by atoms with van der Waals surface area (Å²) < 4.78 is 10.6. The third-order valence-corrected chi connectivity index (χ3v) is 3.45. The SMILES string of the molecule is CC(C)c1cc(Cl)cc(OCC2CNC(=O)O2)c1Cl. The first-order chi connectivity index (χ1) is 8.97. The van der Waals surface area contributed by atoms with Gasteiger partial charge in [-0.05, 0) is 17.5 Å². The smallest absolute Gasteiger partial charge is 0.407 e. The molecule has 1 aromatic rings. The Morgan fingerprint density at radius 3 is 2.79 bits per heavy atom. The Hall–Kier alpha value is -1.13. The molecule has 0 saturated carbocycles. The van der Waals surface area contributed by atoms with Crippen molar-refractivity contribution in [1.29, 1.82) is 0 Å². The number of carbonyl (C=O) groups is 1. The Labute approximate surface area is 122 Å². The Kier molecular flexibility index (Phi) is 4.42. The zero-order chi connectivity index (χ0) is 14.0. The number of hydrogen-bond acceptors (Lipinski definition) is 3. The van der Waals surface area contributed by atoms with E-state index < -0.39 is 6.09 Å². The van der Waals surface area contributed by atoms with E-state index in [0.717, 1.165) is 5.56 Å². The molecule has 19 heavy (non-hydrogen) atoms. The van der Waals surface area contributed by atoms with Gasteiger partial charge in [-0.25, -0.2) is 4.79 Å². The summed E-state index contributed by atoms with van der Waals surface area (Å²) in [7, 11) is 0. The highest BCUT2D eigenvalue weighted by atomic mass is 35.5. The molecule has 1 heterocycles. The maximum atomic E-state index is 10.9. The maximum Gasteiger partial charge on any atom is 0.407 e. The summed E-state index contributed by atoms with van der Waals surface area (Å²) in [4.78, 5) is 10.9. The quantitative estimate of drug-likeness (QED) is 0.924. The van der Waals surface area contributed by atoms with Gasteiger partial charge in [-0.2, -0.15) is 0 Å². The van der Waals surface area contributed by atoms with Crippen molar-refractivity contribution >= 4 is 29.3 Å². The van der Waals surface area contributed by atoms with Gasteiger partial charge in [-0.15, -0.1) is 0 Å². The zero-order valence-corrected chi connectivity index (χ0v) is 12.2. The molecule has 2 rings (SSSR count). The summed E-state index contributed by atoms with van der Waals surface area (Å²) in [6, 6.07) is 3.50. The number of nitrogens with one attached hydrogen (secondary N) is 1. The van der Waals surface area contributed by atoms with Gasteiger partial charge in [0, 0.05) is 11.1 Å². The van der Waals surface area contributed by atoms with Crippen molar-refractivity contribution < 1.29 is 14.3 Å². The summed E-state index contributed by atoms with van der Waals surface area (Å²) in [6.45, 7) is 4.75. The summed E-state index contributed by atoms with van der Waals surface area (Å²) in [5, 5.41) is 3.69. The van der Waals surface area contributed by atoms with Crippen molar-refractivity contribution in [1.82, 2.24) is 5.32 Å². The number of alkyl carbamates (subject to hydrolysis) is 1. The maximum absolute atomic E-state index is 10.9. The van der Waals surface area contributed by atoms with Crippen molar-refractivity contribution in [3.8, 4) is 5.75 Å². The highest BCUT2D eigenvalue weighted by Gasteiger charge is 2.23. The van der Waals surface area contributed by atoms with Crippen LogP contribution in [0.2, 0.25) is 10.0 Å². The van der Waals surface area contributed by atoms with Crippen LogP contribution < -0.4 is 10.1 Å². The van der Waals surface area contributed by atoms with Crippen LogP contribution in [0.1, 0.15) is 25.3 Å². The highest BCUT2D eigenvalue weighted by Crippen LogP contribution is 2.36. The Morgan fingerprint density at radius 2 is 2.21 bits per heavy atom. The average Bonchev–Trinajstić information content (AvgIpc) is 2.75. The van der Waals surface area contributed by atoms with Crippen LogP contribution in [0.5, 0.6) is 5.75 Å². The van der Waals surface area contributed by atoms with Crippen LogP contribution >= 0.6 is 23.2 Å². The minimum absolute atomic E-state index is 0.246. The topological polar surface area (TPSA) is 47.6 Å². The molecule has 1 N–H and O–H groups in total. The van der Waals surface area contributed by atoms with Gasteiger partial charge in [0.25, 0.3) is 0 Å². The van der Waals surface area contributed by atoms with Crippen molar-refractivity contribution in [2.24, 2.45) is 0 Å². The van der Waals surface area contributed by atoms with Crippen molar-refractivity contribution in [3.05, 3.63) is 27.7 Å². The first-order valence-corrected chi connectivity index (χ1v) is 6.79. The van der Waals surface area contributed by atoms with E-state index in [-0.39, 0.29) is 18.6 Å². The van der Waals surface area contributed by atoms with Crippen molar-refractivity contribution in [2.45, 2.75) is 25.9 Å². The van der Waals surface area contributed by atoms with E-state index in [1.807, 2.05) is 19.9 Å². The fraction of sp³-hybridized carbons (Fsp3) is 0.462. The molecule has 1 atom stereocenters. The lowest BCUT2D eigenvalue weighted by atomic mass is 10.0. The molecule has 1 unspecified atom stereocenters. The first-order valence-electron chi connectivity index (χ1n) is 6.03. The van der Waals surface area contributed by atoms with Crippen molar-refractivity contribution in [3.63, 3.8) is 0 Å². The van der Waals surface area contributed by atoms with Crippen LogP contribution in [0.25, 0.3) is 0 Å². The number of halogens is 2. The van der Waals surface area contributed by atoms with E-state index in [9.17, 15) is 4.79 Å². The molecule has 0 spiro atoms. The van der Waals surface area contributed by atoms with E-state index in [1.54, 1.807) is 6.07 Å². The minimum atomic E-state index is -0.423. The second kappa shape index (κ2) is 5.88. The van der Waals surface area contributed by atoms with E-state index >= 15 is 0 Å². The predicted octanol–water partition coefficient (Wildman–Crippen LogP) is 3.60. The van der Waals surface area contributed by atoms with E-state index in [0.29, 0.717) is 22.3 Å². The van der Waals surface area contributed by atoms with Crippen LogP contribution in [-0.4, -0.2) is 25.3 Å². The third kappa shape index (κ3) is 3.45. The van der Waals surface area contributed by atoms with E-state index in [1.165, 1.54) is 0 Å². The first kappa shape index (κ1) is 14.3. The second-order valence-electron chi connectivity index (χ2n) is 4.68. The van der Waals surface area contributed by atoms with E-state index in [4.69, 9.17) is 32.7 Å². The number of ether oxygens (including phenoxy) is 2. The molecule has 1 saturated heterocycles. The molecule has 104 valence electrons. The molecule has 4 nitrogen and oxygen atoms in total. The van der Waals surface area contributed by atoms with Crippen molar-refractivity contribution in [2.75, 3.05) is 13.2 Å². The number of carbonyl (C=O) groups excluding carboxylic acids is 1. The average molecular weight is 304 g/mol. The number of benzene rings is 1. The van der Waals surface area contributed by atoms with Gasteiger partial charge in [0.1, 0.15) is 12.4 Å². The Balaban J connectivity index is 2.09. The zero-order valence-electron chi connectivity index (χ0n) is 10.7. The monoisotopic (exact) mass is 303 g/mol. The molecular weight excluding hydrogens is 289 g/mol. The number of hydrogen-bond donors (Lipinski definition) is 1. The van der Waals surface area contributed by atoms with Gasteiger partial charge in [-0.1, -0.05) is 37.0 Å². The van der Waals surface area contributed by atoms with Crippen LogP contribution in [0.15, 0.2) is 12.1 Å². The number of cyclic esters (lactones) is 1. The second-order valence-corrected chi connectivity index (χ2v) is 5.50. The lowest BCUT2D eigenvalue weighted by molar-refractivity contribution is 0.105. The largest absolute Gasteiger partial charge is 0.488 e. The van der Waals surface area contributed by atoms with E-state index in [2.05, 4.69) is 5.32 Å². The Morgan fingerprint density at radius 1 is 1.47 bits per heavy atom. The van der Waals surface area contributed by atoms with Crippen LogP contribution in [0.4, 0.5) is 4.79 Å². The number of amides is 1. The molecule has 1 fully saturated rings. The van der Waals surface area contributed by atoms with Gasteiger partial charge in [0.15, 0.2) is 6.10 Å². The third-order valence-electron chi connectivity index (χ3n) is 2.83. The molecule has 1 aliphatic heterocycles. The van der Waals surface area contributed by atoms with Crippen LogP contribution in [-0.2, 0) is 4.74 Å². The summed E-state index contributed by atoms with van der Waals surface area (Å²) in [5.74, 6) is 0.764. The molecule has 0 aromatic heterocycles. The van der Waals surface area contributed by atoms with Gasteiger partial charge in [0.05, 0.1) is 11.6 Å². The molecule has 0 aliphatic carbocycles. The summed E-state index contributed by atoms with van der Waals surface area (Å²) in [6.07, 6.45) is -0.723. The van der Waals surface area contributed by atoms with Gasteiger partial charge in [0.2, 0.25) is 0 Å². The van der Waals surface area contributed by atoms with Gasteiger partial charge in [-0.3, -0.25) is 0 Å². The molecule has 1 aromatic carbocycles.